The molecule has 0 saturated heterocycles. The van der Waals surface area contributed by atoms with Crippen molar-refractivity contribution in [2.75, 3.05) is 23.8 Å². The SMILES string of the molecule is Fc1ccc(Nc2nccc(Nc3ccc4c(c3)OCCO4)n2)c(F)c1F. The second kappa shape index (κ2) is 7.02. The Morgan fingerprint density at radius 1 is 0.852 bits per heavy atom. The van der Waals surface area contributed by atoms with Crippen molar-refractivity contribution in [1.82, 2.24) is 9.97 Å². The summed E-state index contributed by atoms with van der Waals surface area (Å²) in [6.07, 6.45) is 1.44. The van der Waals surface area contributed by atoms with E-state index < -0.39 is 17.5 Å². The first-order valence-electron chi connectivity index (χ1n) is 8.00. The lowest BCUT2D eigenvalue weighted by molar-refractivity contribution is 0.171. The summed E-state index contributed by atoms with van der Waals surface area (Å²) in [5.74, 6) is -2.48. The van der Waals surface area contributed by atoms with Crippen molar-refractivity contribution in [3.8, 4) is 11.5 Å². The molecule has 1 aromatic heterocycles. The maximum absolute atomic E-state index is 13.8. The van der Waals surface area contributed by atoms with Gasteiger partial charge >= 0.3 is 0 Å². The molecule has 0 radical (unpaired) electrons. The Hall–Kier alpha value is -3.49. The number of ether oxygens (including phenoxy) is 2. The van der Waals surface area contributed by atoms with Crippen LogP contribution in [0.25, 0.3) is 0 Å². The standard InChI is InChI=1S/C18H13F3N4O2/c19-11-2-3-12(17(21)16(11)20)24-18-22-6-5-15(25-18)23-10-1-4-13-14(9-10)27-8-7-26-13/h1-6,9H,7-8H2,(H2,22,23,24,25). The first-order valence-corrected chi connectivity index (χ1v) is 8.00. The number of hydrogen-bond donors (Lipinski definition) is 2. The summed E-state index contributed by atoms with van der Waals surface area (Å²) in [7, 11) is 0. The van der Waals surface area contributed by atoms with E-state index in [1.165, 1.54) is 6.20 Å². The van der Waals surface area contributed by atoms with Gasteiger partial charge in [0.25, 0.3) is 0 Å². The van der Waals surface area contributed by atoms with Gasteiger partial charge in [0.15, 0.2) is 29.0 Å². The van der Waals surface area contributed by atoms with Gasteiger partial charge in [0.1, 0.15) is 19.0 Å². The summed E-state index contributed by atoms with van der Waals surface area (Å²) < 4.78 is 51.1. The van der Waals surface area contributed by atoms with Gasteiger partial charge in [0.05, 0.1) is 5.69 Å². The Morgan fingerprint density at radius 2 is 1.67 bits per heavy atom. The van der Waals surface area contributed by atoms with Crippen LogP contribution in [0.3, 0.4) is 0 Å². The van der Waals surface area contributed by atoms with Gasteiger partial charge < -0.3 is 20.1 Å². The normalized spacial score (nSPS) is 12.6. The number of halogens is 3. The topological polar surface area (TPSA) is 68.3 Å². The fourth-order valence-electron chi connectivity index (χ4n) is 2.50. The van der Waals surface area contributed by atoms with Crippen LogP contribution < -0.4 is 20.1 Å². The Balaban J connectivity index is 1.54. The van der Waals surface area contributed by atoms with Crippen LogP contribution in [0.1, 0.15) is 0 Å². The van der Waals surface area contributed by atoms with Crippen LogP contribution in [0.2, 0.25) is 0 Å². The van der Waals surface area contributed by atoms with Gasteiger partial charge in [-0.3, -0.25) is 0 Å². The van der Waals surface area contributed by atoms with E-state index in [2.05, 4.69) is 20.6 Å². The summed E-state index contributed by atoms with van der Waals surface area (Å²) in [6.45, 7) is 0.971. The summed E-state index contributed by atoms with van der Waals surface area (Å²) >= 11 is 0. The average Bonchev–Trinajstić information content (AvgIpc) is 2.69. The number of anilines is 4. The Morgan fingerprint density at radius 3 is 2.52 bits per heavy atom. The fourth-order valence-corrected chi connectivity index (χ4v) is 2.50. The van der Waals surface area contributed by atoms with Crippen LogP contribution >= 0.6 is 0 Å². The van der Waals surface area contributed by atoms with E-state index >= 15 is 0 Å². The Labute approximate surface area is 152 Å². The molecule has 0 unspecified atom stereocenters. The molecule has 0 aliphatic carbocycles. The van der Waals surface area contributed by atoms with Crippen molar-refractivity contribution in [3.05, 3.63) is 60.0 Å². The number of nitrogens with zero attached hydrogens (tertiary/aromatic N) is 2. The zero-order valence-electron chi connectivity index (χ0n) is 13.8. The molecule has 138 valence electrons. The molecule has 1 aliphatic heterocycles. The molecule has 4 rings (SSSR count). The molecule has 0 amide bonds. The van der Waals surface area contributed by atoms with Crippen molar-refractivity contribution < 1.29 is 22.6 Å². The van der Waals surface area contributed by atoms with Crippen molar-refractivity contribution in [2.45, 2.75) is 0 Å². The molecule has 1 aliphatic rings. The molecule has 3 aromatic rings. The smallest absolute Gasteiger partial charge is 0.229 e. The van der Waals surface area contributed by atoms with E-state index in [1.54, 1.807) is 24.3 Å². The highest BCUT2D eigenvalue weighted by atomic mass is 19.2. The lowest BCUT2D eigenvalue weighted by atomic mass is 10.2. The summed E-state index contributed by atoms with van der Waals surface area (Å²) in [5, 5.41) is 5.59. The van der Waals surface area contributed by atoms with E-state index in [0.717, 1.165) is 12.1 Å². The molecular weight excluding hydrogens is 361 g/mol. The van der Waals surface area contributed by atoms with Crippen LogP contribution in [0.4, 0.5) is 36.3 Å². The highest BCUT2D eigenvalue weighted by Gasteiger charge is 2.15. The van der Waals surface area contributed by atoms with Crippen LogP contribution in [-0.2, 0) is 0 Å². The van der Waals surface area contributed by atoms with Crippen molar-refractivity contribution in [2.24, 2.45) is 0 Å². The minimum atomic E-state index is -1.56. The maximum Gasteiger partial charge on any atom is 0.229 e. The van der Waals surface area contributed by atoms with Gasteiger partial charge in [-0.15, -0.1) is 0 Å². The summed E-state index contributed by atoms with van der Waals surface area (Å²) in [5.41, 5.74) is 0.424. The molecule has 0 fully saturated rings. The number of nitrogens with one attached hydrogen (secondary N) is 2. The highest BCUT2D eigenvalue weighted by molar-refractivity contribution is 5.63. The number of aromatic nitrogens is 2. The van der Waals surface area contributed by atoms with Crippen LogP contribution in [0.15, 0.2) is 42.6 Å². The van der Waals surface area contributed by atoms with Gasteiger partial charge in [0, 0.05) is 18.0 Å². The lowest BCUT2D eigenvalue weighted by Crippen LogP contribution is -2.15. The minimum absolute atomic E-state index is 0.0162. The van der Waals surface area contributed by atoms with E-state index in [9.17, 15) is 13.2 Å². The molecule has 0 saturated carbocycles. The molecule has 9 heteroatoms. The fraction of sp³-hybridized carbons (Fsp3) is 0.111. The Bertz CT molecular complexity index is 1000. The summed E-state index contributed by atoms with van der Waals surface area (Å²) in [4.78, 5) is 8.13. The maximum atomic E-state index is 13.8. The third kappa shape index (κ3) is 3.57. The van der Waals surface area contributed by atoms with E-state index in [1.807, 2.05) is 0 Å². The second-order valence-electron chi connectivity index (χ2n) is 5.60. The molecule has 2 heterocycles. The number of rotatable bonds is 4. The molecule has 0 spiro atoms. The van der Waals surface area contributed by atoms with Gasteiger partial charge in [0.2, 0.25) is 5.95 Å². The molecule has 6 nitrogen and oxygen atoms in total. The van der Waals surface area contributed by atoms with Crippen molar-refractivity contribution >= 4 is 23.1 Å². The predicted octanol–water partition coefficient (Wildman–Crippen LogP) is 4.15. The first kappa shape index (κ1) is 17.0. The molecule has 2 aromatic carbocycles. The largest absolute Gasteiger partial charge is 0.486 e. The van der Waals surface area contributed by atoms with Gasteiger partial charge in [-0.2, -0.15) is 4.98 Å². The number of fused-ring (bicyclic) bond motifs is 1. The van der Waals surface area contributed by atoms with Crippen molar-refractivity contribution in [1.29, 1.82) is 0 Å². The first-order chi connectivity index (χ1) is 13.1. The van der Waals surface area contributed by atoms with Gasteiger partial charge in [-0.1, -0.05) is 0 Å². The highest BCUT2D eigenvalue weighted by Crippen LogP contribution is 2.33. The summed E-state index contributed by atoms with van der Waals surface area (Å²) in [6, 6.07) is 8.81. The monoisotopic (exact) mass is 374 g/mol. The van der Waals surface area contributed by atoms with Gasteiger partial charge in [-0.25, -0.2) is 18.2 Å². The predicted molar refractivity (Wildman–Crippen MR) is 92.3 cm³/mol. The van der Waals surface area contributed by atoms with Gasteiger partial charge in [-0.05, 0) is 30.3 Å². The Kier molecular flexibility index (Phi) is 4.41. The minimum Gasteiger partial charge on any atom is -0.486 e. The second-order valence-corrected chi connectivity index (χ2v) is 5.60. The van der Waals surface area contributed by atoms with E-state index in [-0.39, 0.29) is 11.6 Å². The number of benzene rings is 2. The third-order valence-corrected chi connectivity index (χ3v) is 3.75. The number of hydrogen-bond acceptors (Lipinski definition) is 6. The van der Waals surface area contributed by atoms with Crippen molar-refractivity contribution in [3.63, 3.8) is 0 Å². The average molecular weight is 374 g/mol. The van der Waals surface area contributed by atoms with Crippen LogP contribution in [0.5, 0.6) is 11.5 Å². The molecule has 27 heavy (non-hydrogen) atoms. The third-order valence-electron chi connectivity index (χ3n) is 3.75. The van der Waals surface area contributed by atoms with E-state index in [0.29, 0.717) is 36.2 Å². The van der Waals surface area contributed by atoms with Crippen LogP contribution in [-0.4, -0.2) is 23.2 Å². The zero-order chi connectivity index (χ0) is 18.8. The quantitative estimate of drug-likeness (QED) is 0.669. The molecular formula is C18H13F3N4O2. The lowest BCUT2D eigenvalue weighted by Gasteiger charge is -2.19. The van der Waals surface area contributed by atoms with E-state index in [4.69, 9.17) is 9.47 Å². The van der Waals surface area contributed by atoms with Crippen LogP contribution in [0, 0.1) is 17.5 Å². The zero-order valence-corrected chi connectivity index (χ0v) is 13.8. The molecule has 0 atom stereocenters. The molecule has 2 N–H and O–H groups in total. The molecule has 0 bridgehead atoms.